The molecule has 0 radical (unpaired) electrons. The Labute approximate surface area is 153 Å². The van der Waals surface area contributed by atoms with Gasteiger partial charge in [0.05, 0.1) is 6.42 Å². The van der Waals surface area contributed by atoms with Crippen molar-refractivity contribution < 1.29 is 17.9 Å². The highest BCUT2D eigenvalue weighted by Crippen LogP contribution is 2.19. The highest BCUT2D eigenvalue weighted by molar-refractivity contribution is 5.79. The van der Waals surface area contributed by atoms with Gasteiger partial charge in [0.15, 0.2) is 5.96 Å². The number of aliphatic imine (C=N–C) groups is 1. The van der Waals surface area contributed by atoms with Crippen LogP contribution in [0, 0.1) is 0 Å². The molecule has 0 saturated carbocycles. The zero-order valence-electron chi connectivity index (χ0n) is 15.7. The predicted molar refractivity (Wildman–Crippen MR) is 98.6 cm³/mol. The second-order valence-corrected chi connectivity index (χ2v) is 5.70. The molecule has 1 aromatic rings. The molecule has 0 saturated heterocycles. The third-order valence-electron chi connectivity index (χ3n) is 3.90. The highest BCUT2D eigenvalue weighted by Gasteiger charge is 2.26. The van der Waals surface area contributed by atoms with Crippen LogP contribution < -0.4 is 15.4 Å². The standard InChI is InChI=1S/C18H29F3N4O/c1-4-25(5-2)12-13-26-16-9-7-6-8-15(16)14-24-17(22-3)23-11-10-18(19,20)21/h6-9H,4-5,10-14H2,1-3H3,(H2,22,23,24). The number of nitrogens with zero attached hydrogens (tertiary/aromatic N) is 2. The van der Waals surface area contributed by atoms with Gasteiger partial charge in [0.1, 0.15) is 12.4 Å². The molecule has 0 aromatic heterocycles. The highest BCUT2D eigenvalue weighted by atomic mass is 19.4. The number of hydrogen-bond acceptors (Lipinski definition) is 3. The zero-order valence-corrected chi connectivity index (χ0v) is 15.7. The van der Waals surface area contributed by atoms with E-state index in [1.54, 1.807) is 0 Å². The molecule has 0 aliphatic carbocycles. The summed E-state index contributed by atoms with van der Waals surface area (Å²) >= 11 is 0. The van der Waals surface area contributed by atoms with E-state index in [0.717, 1.165) is 30.9 Å². The maximum Gasteiger partial charge on any atom is 0.390 e. The van der Waals surface area contributed by atoms with E-state index in [1.165, 1.54) is 7.05 Å². The molecule has 0 aliphatic rings. The lowest BCUT2D eigenvalue weighted by Gasteiger charge is -2.19. The molecule has 2 N–H and O–H groups in total. The Hall–Kier alpha value is -1.96. The molecule has 0 unspecified atom stereocenters. The van der Waals surface area contributed by atoms with E-state index in [-0.39, 0.29) is 6.54 Å². The maximum atomic E-state index is 12.2. The number of nitrogens with one attached hydrogen (secondary N) is 2. The van der Waals surface area contributed by atoms with Crippen molar-refractivity contribution >= 4 is 5.96 Å². The minimum Gasteiger partial charge on any atom is -0.492 e. The van der Waals surface area contributed by atoms with Gasteiger partial charge in [0.25, 0.3) is 0 Å². The number of halogens is 3. The molecular weight excluding hydrogens is 345 g/mol. The molecule has 0 atom stereocenters. The first-order valence-corrected chi connectivity index (χ1v) is 8.84. The largest absolute Gasteiger partial charge is 0.492 e. The number of para-hydroxylation sites is 1. The van der Waals surface area contributed by atoms with Crippen molar-refractivity contribution in [3.63, 3.8) is 0 Å². The zero-order chi connectivity index (χ0) is 19.4. The molecular formula is C18H29F3N4O. The van der Waals surface area contributed by atoms with Crippen LogP contribution in [0.1, 0.15) is 25.8 Å². The Morgan fingerprint density at radius 1 is 1.15 bits per heavy atom. The van der Waals surface area contributed by atoms with Crippen LogP contribution in [-0.4, -0.2) is 56.9 Å². The summed E-state index contributed by atoms with van der Waals surface area (Å²) in [4.78, 5) is 6.21. The first kappa shape index (κ1) is 22.1. The van der Waals surface area contributed by atoms with Crippen LogP contribution in [0.2, 0.25) is 0 Å². The number of likely N-dealkylation sites (N-methyl/N-ethyl adjacent to an activating group) is 1. The second kappa shape index (κ2) is 11.6. The van der Waals surface area contributed by atoms with Gasteiger partial charge in [-0.05, 0) is 19.2 Å². The fraction of sp³-hybridized carbons (Fsp3) is 0.611. The van der Waals surface area contributed by atoms with Crippen molar-refractivity contribution in [1.82, 2.24) is 15.5 Å². The van der Waals surface area contributed by atoms with Crippen LogP contribution in [-0.2, 0) is 6.54 Å². The van der Waals surface area contributed by atoms with E-state index < -0.39 is 12.6 Å². The van der Waals surface area contributed by atoms with Gasteiger partial charge < -0.3 is 20.3 Å². The number of benzene rings is 1. The Kier molecular flexibility index (Phi) is 9.87. The summed E-state index contributed by atoms with van der Waals surface area (Å²) in [5.74, 6) is 1.09. The van der Waals surface area contributed by atoms with Crippen molar-refractivity contribution in [2.24, 2.45) is 4.99 Å². The smallest absolute Gasteiger partial charge is 0.390 e. The lowest BCUT2D eigenvalue weighted by molar-refractivity contribution is -0.132. The third kappa shape index (κ3) is 8.94. The van der Waals surface area contributed by atoms with Gasteiger partial charge in [0, 0.05) is 32.2 Å². The summed E-state index contributed by atoms with van der Waals surface area (Å²) in [6.07, 6.45) is -5.09. The van der Waals surface area contributed by atoms with Gasteiger partial charge in [-0.1, -0.05) is 32.0 Å². The minimum absolute atomic E-state index is 0.217. The summed E-state index contributed by atoms with van der Waals surface area (Å²) in [5, 5.41) is 5.68. The second-order valence-electron chi connectivity index (χ2n) is 5.70. The van der Waals surface area contributed by atoms with E-state index in [9.17, 15) is 13.2 Å². The van der Waals surface area contributed by atoms with Crippen molar-refractivity contribution in [1.29, 1.82) is 0 Å². The average molecular weight is 374 g/mol. The summed E-state index contributed by atoms with van der Waals surface area (Å²) < 4.78 is 42.5. The fourth-order valence-electron chi connectivity index (χ4n) is 2.34. The summed E-state index contributed by atoms with van der Waals surface area (Å²) in [7, 11) is 1.52. The fourth-order valence-corrected chi connectivity index (χ4v) is 2.34. The van der Waals surface area contributed by atoms with E-state index in [0.29, 0.717) is 19.1 Å². The van der Waals surface area contributed by atoms with E-state index in [4.69, 9.17) is 4.74 Å². The molecule has 0 amide bonds. The number of rotatable bonds is 10. The summed E-state index contributed by atoms with van der Waals surface area (Å²) in [5.41, 5.74) is 0.922. The van der Waals surface area contributed by atoms with Gasteiger partial charge in [0.2, 0.25) is 0 Å². The Bertz CT molecular complexity index is 545. The van der Waals surface area contributed by atoms with Gasteiger partial charge in [-0.25, -0.2) is 0 Å². The number of hydrogen-bond donors (Lipinski definition) is 2. The minimum atomic E-state index is -4.18. The van der Waals surface area contributed by atoms with E-state index in [1.807, 2.05) is 24.3 Å². The molecule has 5 nitrogen and oxygen atoms in total. The lowest BCUT2D eigenvalue weighted by Crippen LogP contribution is -2.38. The molecule has 8 heteroatoms. The molecule has 148 valence electrons. The van der Waals surface area contributed by atoms with Crippen molar-refractivity contribution in [3.05, 3.63) is 29.8 Å². The molecule has 0 spiro atoms. The Morgan fingerprint density at radius 2 is 1.85 bits per heavy atom. The lowest BCUT2D eigenvalue weighted by atomic mass is 10.2. The summed E-state index contributed by atoms with van der Waals surface area (Å²) in [6, 6.07) is 7.60. The monoisotopic (exact) mass is 374 g/mol. The topological polar surface area (TPSA) is 48.9 Å². The molecule has 0 fully saturated rings. The van der Waals surface area contributed by atoms with Crippen LogP contribution in [0.5, 0.6) is 5.75 Å². The van der Waals surface area contributed by atoms with Gasteiger partial charge in [-0.15, -0.1) is 0 Å². The first-order valence-electron chi connectivity index (χ1n) is 8.84. The molecule has 0 bridgehead atoms. The third-order valence-corrected chi connectivity index (χ3v) is 3.90. The van der Waals surface area contributed by atoms with Crippen molar-refractivity contribution in [3.8, 4) is 5.75 Å². The predicted octanol–water partition coefficient (Wildman–Crippen LogP) is 3.02. The molecule has 0 heterocycles. The molecule has 1 rings (SSSR count). The molecule has 1 aromatic carbocycles. The quantitative estimate of drug-likeness (QED) is 0.488. The average Bonchev–Trinajstić information content (AvgIpc) is 2.61. The maximum absolute atomic E-state index is 12.2. The Balaban J connectivity index is 2.50. The number of guanidine groups is 1. The number of ether oxygens (including phenoxy) is 1. The van der Waals surface area contributed by atoms with Gasteiger partial charge in [-0.2, -0.15) is 13.2 Å². The molecule has 0 aliphatic heterocycles. The normalized spacial score (nSPS) is 12.3. The summed E-state index contributed by atoms with van der Waals surface area (Å²) in [6.45, 7) is 7.79. The van der Waals surface area contributed by atoms with Crippen molar-refractivity contribution in [2.75, 3.05) is 39.8 Å². The Morgan fingerprint density at radius 3 is 2.46 bits per heavy atom. The van der Waals surface area contributed by atoms with E-state index in [2.05, 4.69) is 34.4 Å². The first-order chi connectivity index (χ1) is 12.4. The van der Waals surface area contributed by atoms with E-state index >= 15 is 0 Å². The van der Waals surface area contributed by atoms with Crippen LogP contribution in [0.15, 0.2) is 29.3 Å². The van der Waals surface area contributed by atoms with Gasteiger partial charge >= 0.3 is 6.18 Å². The van der Waals surface area contributed by atoms with Crippen LogP contribution in [0.25, 0.3) is 0 Å². The molecule has 26 heavy (non-hydrogen) atoms. The SMILES string of the molecule is CCN(CC)CCOc1ccccc1CNC(=NC)NCCC(F)(F)F. The van der Waals surface area contributed by atoms with Crippen molar-refractivity contribution in [2.45, 2.75) is 33.0 Å². The van der Waals surface area contributed by atoms with Crippen LogP contribution in [0.3, 0.4) is 0 Å². The van der Waals surface area contributed by atoms with Crippen LogP contribution >= 0.6 is 0 Å². The van der Waals surface area contributed by atoms with Crippen LogP contribution in [0.4, 0.5) is 13.2 Å². The van der Waals surface area contributed by atoms with Gasteiger partial charge in [-0.3, -0.25) is 4.99 Å². The number of alkyl halides is 3.